The summed E-state index contributed by atoms with van der Waals surface area (Å²) in [4.78, 5) is 0. The highest BCUT2D eigenvalue weighted by Crippen LogP contribution is 2.07. The van der Waals surface area contributed by atoms with E-state index in [4.69, 9.17) is 4.74 Å². The lowest BCUT2D eigenvalue weighted by molar-refractivity contribution is 0.199. The Morgan fingerprint density at radius 3 is 2.90 bits per heavy atom. The number of hydrogen-bond acceptors (Lipinski definition) is 4. The Bertz CT molecular complexity index is 517. The molecule has 0 atom stereocenters. The maximum atomic E-state index is 5.01. The summed E-state index contributed by atoms with van der Waals surface area (Å²) in [5.41, 5.74) is 2.18. The predicted molar refractivity (Wildman–Crippen MR) is 77.5 cm³/mol. The molecule has 6 heteroatoms. The standard InChI is InChI=1S/C14H23N5O/c1-12(2)18-8-5-13(17-18)11-19-14(4-6-16-19)10-15-7-9-20-3/h4-6,8,12,15H,7,9-11H2,1-3H3. The van der Waals surface area contributed by atoms with Crippen LogP contribution in [0.5, 0.6) is 0 Å². The lowest BCUT2D eigenvalue weighted by Crippen LogP contribution is -2.21. The molecule has 2 aromatic rings. The number of nitrogens with one attached hydrogen (secondary N) is 1. The second-order valence-electron chi connectivity index (χ2n) is 5.03. The van der Waals surface area contributed by atoms with Gasteiger partial charge in [-0.05, 0) is 26.0 Å². The molecule has 0 unspecified atom stereocenters. The Morgan fingerprint density at radius 2 is 2.20 bits per heavy atom. The van der Waals surface area contributed by atoms with E-state index in [1.54, 1.807) is 7.11 Å². The van der Waals surface area contributed by atoms with E-state index in [0.717, 1.165) is 24.5 Å². The van der Waals surface area contributed by atoms with Crippen molar-refractivity contribution < 1.29 is 4.74 Å². The quantitative estimate of drug-likeness (QED) is 0.742. The maximum absolute atomic E-state index is 5.01. The maximum Gasteiger partial charge on any atom is 0.0853 e. The Kier molecular flexibility index (Phi) is 5.31. The van der Waals surface area contributed by atoms with Crippen LogP contribution < -0.4 is 5.32 Å². The van der Waals surface area contributed by atoms with Crippen molar-refractivity contribution in [3.8, 4) is 0 Å². The summed E-state index contributed by atoms with van der Waals surface area (Å²) in [5.74, 6) is 0. The second kappa shape index (κ2) is 7.21. The van der Waals surface area contributed by atoms with E-state index in [1.165, 1.54) is 0 Å². The normalized spacial score (nSPS) is 11.4. The van der Waals surface area contributed by atoms with Crippen LogP contribution in [0.25, 0.3) is 0 Å². The first-order valence-electron chi connectivity index (χ1n) is 6.95. The number of ether oxygens (including phenoxy) is 1. The van der Waals surface area contributed by atoms with Gasteiger partial charge >= 0.3 is 0 Å². The molecule has 0 aliphatic heterocycles. The smallest absolute Gasteiger partial charge is 0.0853 e. The molecule has 1 N–H and O–H groups in total. The van der Waals surface area contributed by atoms with Crippen LogP contribution in [0.3, 0.4) is 0 Å². The molecule has 0 aliphatic carbocycles. The van der Waals surface area contributed by atoms with Gasteiger partial charge in [0.15, 0.2) is 0 Å². The lowest BCUT2D eigenvalue weighted by Gasteiger charge is -2.08. The molecule has 110 valence electrons. The predicted octanol–water partition coefficient (Wildman–Crippen LogP) is 1.44. The molecule has 0 aliphatic rings. The first kappa shape index (κ1) is 14.7. The Balaban J connectivity index is 1.93. The highest BCUT2D eigenvalue weighted by atomic mass is 16.5. The summed E-state index contributed by atoms with van der Waals surface area (Å²) >= 11 is 0. The molecule has 2 heterocycles. The SMILES string of the molecule is COCCNCc1ccnn1Cc1ccn(C(C)C)n1. The average Bonchev–Trinajstić information content (AvgIpc) is 3.05. The highest BCUT2D eigenvalue weighted by molar-refractivity contribution is 5.05. The van der Waals surface area contributed by atoms with Crippen molar-refractivity contribution in [3.05, 3.63) is 35.9 Å². The third-order valence-corrected chi connectivity index (χ3v) is 3.10. The van der Waals surface area contributed by atoms with E-state index in [0.29, 0.717) is 19.2 Å². The Morgan fingerprint density at radius 1 is 1.35 bits per heavy atom. The topological polar surface area (TPSA) is 56.9 Å². The molecular formula is C14H23N5O. The van der Waals surface area contributed by atoms with Gasteiger partial charge in [0, 0.05) is 38.6 Å². The van der Waals surface area contributed by atoms with Crippen LogP contribution in [0.2, 0.25) is 0 Å². The van der Waals surface area contributed by atoms with Crippen LogP contribution in [0.1, 0.15) is 31.3 Å². The summed E-state index contributed by atoms with van der Waals surface area (Å²) < 4.78 is 8.96. The minimum absolute atomic E-state index is 0.386. The monoisotopic (exact) mass is 277 g/mol. The van der Waals surface area contributed by atoms with Crippen LogP contribution >= 0.6 is 0 Å². The van der Waals surface area contributed by atoms with Crippen LogP contribution in [-0.4, -0.2) is 39.8 Å². The van der Waals surface area contributed by atoms with E-state index >= 15 is 0 Å². The van der Waals surface area contributed by atoms with Gasteiger partial charge in [-0.2, -0.15) is 10.2 Å². The molecule has 2 rings (SSSR count). The van der Waals surface area contributed by atoms with Crippen LogP contribution in [0, 0.1) is 0 Å². The Labute approximate surface area is 119 Å². The summed E-state index contributed by atoms with van der Waals surface area (Å²) in [5, 5.41) is 12.2. The van der Waals surface area contributed by atoms with E-state index in [2.05, 4.69) is 29.4 Å². The lowest BCUT2D eigenvalue weighted by atomic mass is 10.4. The van der Waals surface area contributed by atoms with Crippen molar-refractivity contribution in [2.75, 3.05) is 20.3 Å². The van der Waals surface area contributed by atoms with Crippen LogP contribution in [0.4, 0.5) is 0 Å². The van der Waals surface area contributed by atoms with Gasteiger partial charge in [0.2, 0.25) is 0 Å². The molecule has 0 amide bonds. The summed E-state index contributed by atoms with van der Waals surface area (Å²) in [6, 6.07) is 4.46. The fraction of sp³-hybridized carbons (Fsp3) is 0.571. The zero-order valence-corrected chi connectivity index (χ0v) is 12.4. The minimum atomic E-state index is 0.386. The van der Waals surface area contributed by atoms with E-state index in [-0.39, 0.29) is 0 Å². The fourth-order valence-corrected chi connectivity index (χ4v) is 1.95. The molecule has 0 radical (unpaired) electrons. The fourth-order valence-electron chi connectivity index (χ4n) is 1.95. The number of aromatic nitrogens is 4. The van der Waals surface area contributed by atoms with Gasteiger partial charge in [-0.1, -0.05) is 0 Å². The molecule has 0 saturated heterocycles. The van der Waals surface area contributed by atoms with Gasteiger partial charge in [0.25, 0.3) is 0 Å². The highest BCUT2D eigenvalue weighted by Gasteiger charge is 2.06. The molecule has 20 heavy (non-hydrogen) atoms. The van der Waals surface area contributed by atoms with Crippen molar-refractivity contribution in [1.29, 1.82) is 0 Å². The molecular weight excluding hydrogens is 254 g/mol. The summed E-state index contributed by atoms with van der Waals surface area (Å²) in [6.45, 7) is 7.28. The summed E-state index contributed by atoms with van der Waals surface area (Å²) in [7, 11) is 1.71. The molecule has 0 aromatic carbocycles. The number of rotatable bonds is 8. The van der Waals surface area contributed by atoms with Crippen molar-refractivity contribution in [2.45, 2.75) is 33.0 Å². The minimum Gasteiger partial charge on any atom is -0.383 e. The average molecular weight is 277 g/mol. The van der Waals surface area contributed by atoms with Gasteiger partial charge in [-0.3, -0.25) is 9.36 Å². The largest absolute Gasteiger partial charge is 0.383 e. The van der Waals surface area contributed by atoms with Gasteiger partial charge < -0.3 is 10.1 Å². The third kappa shape index (κ3) is 3.91. The third-order valence-electron chi connectivity index (χ3n) is 3.10. The van der Waals surface area contributed by atoms with E-state index in [1.807, 2.05) is 33.9 Å². The van der Waals surface area contributed by atoms with Gasteiger partial charge in [0.1, 0.15) is 0 Å². The molecule has 0 saturated carbocycles. The van der Waals surface area contributed by atoms with Gasteiger partial charge in [-0.15, -0.1) is 0 Å². The number of methoxy groups -OCH3 is 1. The van der Waals surface area contributed by atoms with Crippen molar-refractivity contribution in [3.63, 3.8) is 0 Å². The van der Waals surface area contributed by atoms with Crippen molar-refractivity contribution in [1.82, 2.24) is 24.9 Å². The number of hydrogen-bond donors (Lipinski definition) is 1. The zero-order chi connectivity index (χ0) is 14.4. The van der Waals surface area contributed by atoms with Crippen molar-refractivity contribution in [2.24, 2.45) is 0 Å². The van der Waals surface area contributed by atoms with Crippen LogP contribution in [-0.2, 0) is 17.8 Å². The van der Waals surface area contributed by atoms with E-state index < -0.39 is 0 Å². The molecule has 0 spiro atoms. The zero-order valence-electron chi connectivity index (χ0n) is 12.4. The van der Waals surface area contributed by atoms with Gasteiger partial charge in [0.05, 0.1) is 24.5 Å². The molecule has 0 fully saturated rings. The molecule has 0 bridgehead atoms. The Hall–Kier alpha value is -1.66. The first-order chi connectivity index (χ1) is 9.70. The first-order valence-corrected chi connectivity index (χ1v) is 6.95. The molecule has 2 aromatic heterocycles. The number of nitrogens with zero attached hydrogens (tertiary/aromatic N) is 4. The van der Waals surface area contributed by atoms with E-state index in [9.17, 15) is 0 Å². The molecule has 6 nitrogen and oxygen atoms in total. The second-order valence-corrected chi connectivity index (χ2v) is 5.03. The van der Waals surface area contributed by atoms with Crippen LogP contribution in [0.15, 0.2) is 24.5 Å². The van der Waals surface area contributed by atoms with Crippen molar-refractivity contribution >= 4 is 0 Å². The van der Waals surface area contributed by atoms with Gasteiger partial charge in [-0.25, -0.2) is 0 Å². The summed E-state index contributed by atoms with van der Waals surface area (Å²) in [6.07, 6.45) is 3.84.